The van der Waals surface area contributed by atoms with Gasteiger partial charge in [0.1, 0.15) is 30.5 Å². The maximum atomic E-state index is 10.4. The molecule has 0 spiro atoms. The fourth-order valence-corrected chi connectivity index (χ4v) is 3.70. The normalized spacial score (nSPS) is 26.0. The number of rotatable bonds is 6. The van der Waals surface area contributed by atoms with Gasteiger partial charge in [-0.05, 0) is 47.1 Å². The van der Waals surface area contributed by atoms with E-state index in [2.05, 4.69) is 38.1 Å². The largest absolute Gasteiger partial charge is 0.394 e. The number of hydrogen-bond donors (Lipinski definition) is 4. The van der Waals surface area contributed by atoms with Crippen molar-refractivity contribution in [1.29, 1.82) is 0 Å². The highest BCUT2D eigenvalue weighted by Gasteiger charge is 2.46. The Bertz CT molecular complexity index is 786. The van der Waals surface area contributed by atoms with Crippen molar-refractivity contribution in [3.63, 3.8) is 0 Å². The zero-order chi connectivity index (χ0) is 20.4. The first-order valence-electron chi connectivity index (χ1n) is 9.80. The van der Waals surface area contributed by atoms with Gasteiger partial charge < -0.3 is 25.2 Å². The maximum absolute atomic E-state index is 10.4. The van der Waals surface area contributed by atoms with E-state index in [1.165, 1.54) is 11.1 Å². The summed E-state index contributed by atoms with van der Waals surface area (Å²) in [6.45, 7) is 5.85. The zero-order valence-corrected chi connectivity index (χ0v) is 16.6. The van der Waals surface area contributed by atoms with Crippen LogP contribution in [0.1, 0.15) is 53.7 Å². The Hall–Kier alpha value is -1.76. The molecular weight excluding hydrogens is 356 g/mol. The molecule has 1 saturated heterocycles. The van der Waals surface area contributed by atoms with Crippen molar-refractivity contribution < 1.29 is 25.2 Å². The van der Waals surface area contributed by atoms with E-state index in [0.29, 0.717) is 5.92 Å². The van der Waals surface area contributed by atoms with Crippen molar-refractivity contribution >= 4 is 0 Å². The van der Waals surface area contributed by atoms with Gasteiger partial charge in [0.2, 0.25) is 0 Å². The lowest BCUT2D eigenvalue weighted by Gasteiger charge is -2.19. The van der Waals surface area contributed by atoms with Crippen molar-refractivity contribution in [1.82, 2.24) is 0 Å². The lowest BCUT2D eigenvalue weighted by Crippen LogP contribution is -2.40. The number of aliphatic hydroxyl groups excluding tert-OH is 4. The third kappa shape index (κ3) is 4.29. The van der Waals surface area contributed by atoms with Crippen LogP contribution in [0.25, 0.3) is 0 Å². The monoisotopic (exact) mass is 386 g/mol. The molecule has 0 saturated carbocycles. The summed E-state index contributed by atoms with van der Waals surface area (Å²) >= 11 is 0. The SMILES string of the molecule is Cc1ccc([C@@H]2O[C@H]([C@H](O)CO)[C@H](O)[C@H]2O)cc1Cc1ccc(C(C)C)cc1. The van der Waals surface area contributed by atoms with E-state index in [1.807, 2.05) is 25.1 Å². The van der Waals surface area contributed by atoms with Gasteiger partial charge in [-0.1, -0.05) is 56.3 Å². The van der Waals surface area contributed by atoms with Crippen LogP contribution in [0.5, 0.6) is 0 Å². The summed E-state index contributed by atoms with van der Waals surface area (Å²) in [6.07, 6.45) is -4.65. The van der Waals surface area contributed by atoms with E-state index in [9.17, 15) is 15.3 Å². The average Bonchev–Trinajstić information content (AvgIpc) is 2.98. The molecule has 1 fully saturated rings. The Morgan fingerprint density at radius 3 is 2.29 bits per heavy atom. The lowest BCUT2D eigenvalue weighted by molar-refractivity contribution is -0.0820. The van der Waals surface area contributed by atoms with Crippen molar-refractivity contribution in [3.8, 4) is 0 Å². The summed E-state index contributed by atoms with van der Waals surface area (Å²) in [5.41, 5.74) is 5.51. The van der Waals surface area contributed by atoms with Gasteiger partial charge in [0.15, 0.2) is 0 Å². The summed E-state index contributed by atoms with van der Waals surface area (Å²) in [5.74, 6) is 0.494. The first-order valence-corrected chi connectivity index (χ1v) is 9.80. The second-order valence-electron chi connectivity index (χ2n) is 8.01. The molecule has 5 heteroatoms. The first-order chi connectivity index (χ1) is 13.3. The summed E-state index contributed by atoms with van der Waals surface area (Å²) in [5, 5.41) is 39.5. The summed E-state index contributed by atoms with van der Waals surface area (Å²) in [4.78, 5) is 0. The molecule has 28 heavy (non-hydrogen) atoms. The molecular formula is C23H30O5. The summed E-state index contributed by atoms with van der Waals surface area (Å²) < 4.78 is 5.70. The minimum Gasteiger partial charge on any atom is -0.394 e. The molecule has 2 aromatic rings. The Morgan fingerprint density at radius 1 is 1.00 bits per heavy atom. The Morgan fingerprint density at radius 2 is 1.68 bits per heavy atom. The molecule has 1 aliphatic rings. The Kier molecular flexibility index (Phi) is 6.53. The standard InChI is InChI=1S/C23H30O5/c1-13(2)16-8-5-15(6-9-16)10-18-11-17(7-4-14(18)3)22-20(26)21(27)23(28-22)19(25)12-24/h4-9,11,13,19-27H,10,12H2,1-3H3/t19-,20-,21-,22+,23-/m1/s1. The van der Waals surface area contributed by atoms with Crippen LogP contribution in [-0.4, -0.2) is 51.4 Å². The number of aryl methyl sites for hydroxylation is 1. The molecule has 5 atom stereocenters. The zero-order valence-electron chi connectivity index (χ0n) is 16.6. The van der Waals surface area contributed by atoms with Gasteiger partial charge in [-0.25, -0.2) is 0 Å². The molecule has 3 rings (SSSR count). The second kappa shape index (κ2) is 8.72. The minimum atomic E-state index is -1.25. The fraction of sp³-hybridized carbons (Fsp3) is 0.478. The molecule has 0 bridgehead atoms. The van der Waals surface area contributed by atoms with E-state index in [4.69, 9.17) is 9.84 Å². The first kappa shape index (κ1) is 21.0. The smallest absolute Gasteiger partial charge is 0.115 e. The van der Waals surface area contributed by atoms with Crippen LogP contribution in [0.15, 0.2) is 42.5 Å². The van der Waals surface area contributed by atoms with E-state index in [0.717, 1.165) is 23.1 Å². The molecule has 1 heterocycles. The van der Waals surface area contributed by atoms with Crippen LogP contribution in [-0.2, 0) is 11.2 Å². The highest BCUT2D eigenvalue weighted by molar-refractivity contribution is 5.38. The van der Waals surface area contributed by atoms with E-state index >= 15 is 0 Å². The van der Waals surface area contributed by atoms with Crippen molar-refractivity contribution in [2.75, 3.05) is 6.61 Å². The number of aliphatic hydroxyl groups is 4. The van der Waals surface area contributed by atoms with Crippen molar-refractivity contribution in [2.45, 2.75) is 63.6 Å². The molecule has 0 radical (unpaired) electrons. The molecule has 2 aromatic carbocycles. The molecule has 0 unspecified atom stereocenters. The highest BCUT2D eigenvalue weighted by Crippen LogP contribution is 2.36. The highest BCUT2D eigenvalue weighted by atomic mass is 16.6. The molecule has 0 amide bonds. The van der Waals surface area contributed by atoms with Gasteiger partial charge in [0.25, 0.3) is 0 Å². The number of hydrogen-bond acceptors (Lipinski definition) is 5. The second-order valence-corrected chi connectivity index (χ2v) is 8.01. The van der Waals surface area contributed by atoms with Crippen LogP contribution < -0.4 is 0 Å². The predicted octanol–water partition coefficient (Wildman–Crippen LogP) is 2.22. The van der Waals surface area contributed by atoms with Gasteiger partial charge >= 0.3 is 0 Å². The predicted molar refractivity (Wildman–Crippen MR) is 107 cm³/mol. The van der Waals surface area contributed by atoms with Crippen molar-refractivity contribution in [2.24, 2.45) is 0 Å². The van der Waals surface area contributed by atoms with Gasteiger partial charge in [-0.2, -0.15) is 0 Å². The Labute approximate surface area is 166 Å². The molecule has 152 valence electrons. The lowest BCUT2D eigenvalue weighted by atomic mass is 9.93. The number of benzene rings is 2. The summed E-state index contributed by atoms with van der Waals surface area (Å²) in [6, 6.07) is 14.4. The average molecular weight is 386 g/mol. The molecule has 0 aliphatic carbocycles. The van der Waals surface area contributed by atoms with E-state index < -0.39 is 37.1 Å². The quantitative estimate of drug-likeness (QED) is 0.611. The Balaban J connectivity index is 1.81. The van der Waals surface area contributed by atoms with Crippen LogP contribution >= 0.6 is 0 Å². The molecule has 4 N–H and O–H groups in total. The third-order valence-corrected chi connectivity index (χ3v) is 5.61. The van der Waals surface area contributed by atoms with Crippen molar-refractivity contribution in [3.05, 3.63) is 70.3 Å². The number of ether oxygens (including phenoxy) is 1. The van der Waals surface area contributed by atoms with Crippen LogP contribution in [0.3, 0.4) is 0 Å². The van der Waals surface area contributed by atoms with Crippen LogP contribution in [0.4, 0.5) is 0 Å². The van der Waals surface area contributed by atoms with Gasteiger partial charge in [0.05, 0.1) is 6.61 Å². The van der Waals surface area contributed by atoms with Gasteiger partial charge in [-0.15, -0.1) is 0 Å². The minimum absolute atomic E-state index is 0.494. The molecule has 1 aliphatic heterocycles. The summed E-state index contributed by atoms with van der Waals surface area (Å²) in [7, 11) is 0. The van der Waals surface area contributed by atoms with Gasteiger partial charge in [0, 0.05) is 0 Å². The van der Waals surface area contributed by atoms with Gasteiger partial charge in [-0.3, -0.25) is 0 Å². The maximum Gasteiger partial charge on any atom is 0.115 e. The topological polar surface area (TPSA) is 90.2 Å². The van der Waals surface area contributed by atoms with Crippen LogP contribution in [0, 0.1) is 6.92 Å². The molecule has 0 aromatic heterocycles. The van der Waals surface area contributed by atoms with E-state index in [1.54, 1.807) is 0 Å². The van der Waals surface area contributed by atoms with E-state index in [-0.39, 0.29) is 0 Å². The third-order valence-electron chi connectivity index (χ3n) is 5.61. The van der Waals surface area contributed by atoms with Crippen LogP contribution in [0.2, 0.25) is 0 Å². The fourth-order valence-electron chi connectivity index (χ4n) is 3.70. The molecule has 5 nitrogen and oxygen atoms in total.